The lowest BCUT2D eigenvalue weighted by molar-refractivity contribution is -0.122. The minimum atomic E-state index is -1.00. The standard InChI is InChI=1S/C29H28N2O6S/c1-4-36-24-13-10-21(25(17-24)37-5-2)16-26-27(32)31(18-19-6-8-20(9-7-19)28(33)34)29(38-26)30-22-11-14-23(35-3)15-12-22/h6-17H,4-5,18H2,1-3H3,(H,33,34)/b26-16-,30-29?. The van der Waals surface area contributed by atoms with Crippen LogP contribution in [0.5, 0.6) is 17.2 Å². The number of aliphatic imine (C=N–C) groups is 1. The van der Waals surface area contributed by atoms with E-state index in [2.05, 4.69) is 0 Å². The van der Waals surface area contributed by atoms with Crippen LogP contribution in [0.25, 0.3) is 6.08 Å². The highest BCUT2D eigenvalue weighted by Gasteiger charge is 2.34. The maximum atomic E-state index is 13.6. The average molecular weight is 533 g/mol. The van der Waals surface area contributed by atoms with Crippen LogP contribution >= 0.6 is 11.8 Å². The molecule has 1 heterocycles. The maximum Gasteiger partial charge on any atom is 0.335 e. The monoisotopic (exact) mass is 532 g/mol. The number of carbonyl (C=O) groups excluding carboxylic acids is 1. The molecule has 1 saturated heterocycles. The minimum absolute atomic E-state index is 0.183. The number of amidine groups is 1. The normalized spacial score (nSPS) is 15.2. The number of hydrogen-bond donors (Lipinski definition) is 1. The summed E-state index contributed by atoms with van der Waals surface area (Å²) in [5.41, 5.74) is 2.39. The van der Waals surface area contributed by atoms with E-state index in [0.29, 0.717) is 46.2 Å². The van der Waals surface area contributed by atoms with Crippen LogP contribution in [0.4, 0.5) is 5.69 Å². The van der Waals surface area contributed by atoms with E-state index >= 15 is 0 Å². The van der Waals surface area contributed by atoms with Crippen molar-refractivity contribution in [3.63, 3.8) is 0 Å². The summed E-state index contributed by atoms with van der Waals surface area (Å²) in [6.45, 7) is 5.05. The summed E-state index contributed by atoms with van der Waals surface area (Å²) in [5, 5.41) is 9.72. The van der Waals surface area contributed by atoms with Gasteiger partial charge in [-0.2, -0.15) is 0 Å². The number of thioether (sulfide) groups is 1. The highest BCUT2D eigenvalue weighted by molar-refractivity contribution is 8.18. The molecule has 1 aliphatic rings. The number of nitrogens with zero attached hydrogens (tertiary/aromatic N) is 2. The Morgan fingerprint density at radius 3 is 2.29 bits per heavy atom. The van der Waals surface area contributed by atoms with E-state index in [4.69, 9.17) is 19.2 Å². The molecule has 196 valence electrons. The number of rotatable bonds is 10. The number of hydrogen-bond acceptors (Lipinski definition) is 7. The van der Waals surface area contributed by atoms with Gasteiger partial charge in [-0.15, -0.1) is 0 Å². The molecule has 1 fully saturated rings. The van der Waals surface area contributed by atoms with Crippen molar-refractivity contribution >= 4 is 40.6 Å². The fraction of sp³-hybridized carbons (Fsp3) is 0.207. The Bertz CT molecular complexity index is 1370. The van der Waals surface area contributed by atoms with Crippen LogP contribution < -0.4 is 14.2 Å². The summed E-state index contributed by atoms with van der Waals surface area (Å²) >= 11 is 1.27. The van der Waals surface area contributed by atoms with Gasteiger partial charge >= 0.3 is 5.97 Å². The molecule has 1 N–H and O–H groups in total. The molecule has 0 aromatic heterocycles. The minimum Gasteiger partial charge on any atom is -0.497 e. The zero-order chi connectivity index (χ0) is 27.1. The first kappa shape index (κ1) is 26.8. The second kappa shape index (κ2) is 12.3. The third kappa shape index (κ3) is 6.36. The smallest absolute Gasteiger partial charge is 0.335 e. The van der Waals surface area contributed by atoms with Crippen molar-refractivity contribution in [3.05, 3.63) is 88.3 Å². The first-order chi connectivity index (χ1) is 18.4. The molecule has 3 aromatic rings. The zero-order valence-corrected chi connectivity index (χ0v) is 22.2. The summed E-state index contributed by atoms with van der Waals surface area (Å²) in [7, 11) is 1.60. The van der Waals surface area contributed by atoms with Gasteiger partial charge in [-0.3, -0.25) is 9.69 Å². The van der Waals surface area contributed by atoms with Crippen LogP contribution in [0.2, 0.25) is 0 Å². The highest BCUT2D eigenvalue weighted by Crippen LogP contribution is 2.37. The van der Waals surface area contributed by atoms with Crippen molar-refractivity contribution in [1.29, 1.82) is 0 Å². The highest BCUT2D eigenvalue weighted by atomic mass is 32.2. The van der Waals surface area contributed by atoms with Crippen LogP contribution in [0, 0.1) is 0 Å². The number of carboxylic acids is 1. The number of ether oxygens (including phenoxy) is 3. The third-order valence-electron chi connectivity index (χ3n) is 5.61. The average Bonchev–Trinajstić information content (AvgIpc) is 3.20. The van der Waals surface area contributed by atoms with Crippen molar-refractivity contribution in [2.75, 3.05) is 20.3 Å². The van der Waals surface area contributed by atoms with Crippen molar-refractivity contribution < 1.29 is 28.9 Å². The van der Waals surface area contributed by atoms with Gasteiger partial charge < -0.3 is 19.3 Å². The van der Waals surface area contributed by atoms with Crippen molar-refractivity contribution in [1.82, 2.24) is 4.90 Å². The molecule has 8 nitrogen and oxygen atoms in total. The van der Waals surface area contributed by atoms with E-state index in [0.717, 1.165) is 11.1 Å². The largest absolute Gasteiger partial charge is 0.497 e. The molecule has 0 bridgehead atoms. The van der Waals surface area contributed by atoms with Gasteiger partial charge in [0.2, 0.25) is 0 Å². The number of carboxylic acid groups (broad SMARTS) is 1. The lowest BCUT2D eigenvalue weighted by Gasteiger charge is -2.16. The Morgan fingerprint density at radius 1 is 0.974 bits per heavy atom. The Balaban J connectivity index is 1.70. The van der Waals surface area contributed by atoms with Crippen LogP contribution in [-0.4, -0.2) is 47.4 Å². The first-order valence-electron chi connectivity index (χ1n) is 12.1. The van der Waals surface area contributed by atoms with E-state index in [1.165, 1.54) is 23.9 Å². The number of benzene rings is 3. The van der Waals surface area contributed by atoms with Crippen molar-refractivity contribution in [2.24, 2.45) is 4.99 Å². The Labute approximate surface area is 225 Å². The molecule has 0 aliphatic carbocycles. The second-order valence-corrected chi connectivity index (χ2v) is 9.17. The summed E-state index contributed by atoms with van der Waals surface area (Å²) in [5.74, 6) is 0.809. The number of methoxy groups -OCH3 is 1. The van der Waals surface area contributed by atoms with Gasteiger partial charge in [0.1, 0.15) is 17.2 Å². The Kier molecular flexibility index (Phi) is 8.70. The molecule has 0 spiro atoms. The maximum absolute atomic E-state index is 13.6. The fourth-order valence-electron chi connectivity index (χ4n) is 3.75. The van der Waals surface area contributed by atoms with Crippen LogP contribution in [-0.2, 0) is 11.3 Å². The van der Waals surface area contributed by atoms with E-state index in [9.17, 15) is 14.7 Å². The predicted molar refractivity (Wildman–Crippen MR) is 148 cm³/mol. The molecule has 0 radical (unpaired) electrons. The van der Waals surface area contributed by atoms with Gasteiger partial charge in [0.25, 0.3) is 5.91 Å². The van der Waals surface area contributed by atoms with Gasteiger partial charge in [-0.1, -0.05) is 12.1 Å². The molecular weight excluding hydrogens is 504 g/mol. The Morgan fingerprint density at radius 2 is 1.66 bits per heavy atom. The van der Waals surface area contributed by atoms with Gasteiger partial charge in [-0.05, 0) is 85.8 Å². The van der Waals surface area contributed by atoms with Gasteiger partial charge in [0.15, 0.2) is 5.17 Å². The zero-order valence-electron chi connectivity index (χ0n) is 21.3. The van der Waals surface area contributed by atoms with Crippen LogP contribution in [0.15, 0.2) is 76.6 Å². The predicted octanol–water partition coefficient (Wildman–Crippen LogP) is 6.00. The van der Waals surface area contributed by atoms with Crippen LogP contribution in [0.1, 0.15) is 35.3 Å². The molecule has 0 saturated carbocycles. The van der Waals surface area contributed by atoms with Crippen LogP contribution in [0.3, 0.4) is 0 Å². The van der Waals surface area contributed by atoms with Gasteiger partial charge in [0, 0.05) is 11.6 Å². The molecular formula is C29H28N2O6S. The molecule has 9 heteroatoms. The summed E-state index contributed by atoms with van der Waals surface area (Å²) < 4.78 is 16.6. The van der Waals surface area contributed by atoms with E-state index in [1.54, 1.807) is 42.4 Å². The van der Waals surface area contributed by atoms with Crippen molar-refractivity contribution in [3.8, 4) is 17.2 Å². The number of amides is 1. The van der Waals surface area contributed by atoms with E-state index in [-0.39, 0.29) is 18.0 Å². The van der Waals surface area contributed by atoms with E-state index in [1.807, 2.05) is 44.2 Å². The second-order valence-electron chi connectivity index (χ2n) is 8.16. The molecule has 0 atom stereocenters. The lowest BCUT2D eigenvalue weighted by atomic mass is 10.1. The first-order valence-corrected chi connectivity index (χ1v) is 12.9. The topological polar surface area (TPSA) is 97.7 Å². The quantitative estimate of drug-likeness (QED) is 0.320. The molecule has 0 unspecified atom stereocenters. The van der Waals surface area contributed by atoms with Gasteiger partial charge in [-0.25, -0.2) is 9.79 Å². The summed E-state index contributed by atoms with van der Waals surface area (Å²) in [6, 6.07) is 19.2. The number of aromatic carboxylic acids is 1. The van der Waals surface area contributed by atoms with Crippen molar-refractivity contribution in [2.45, 2.75) is 20.4 Å². The summed E-state index contributed by atoms with van der Waals surface area (Å²) in [4.78, 5) is 31.7. The molecule has 1 aliphatic heterocycles. The third-order valence-corrected chi connectivity index (χ3v) is 6.62. The molecule has 1 amide bonds. The lowest BCUT2D eigenvalue weighted by Crippen LogP contribution is -2.28. The summed E-state index contributed by atoms with van der Waals surface area (Å²) in [6.07, 6.45) is 1.80. The van der Waals surface area contributed by atoms with Gasteiger partial charge in [0.05, 0.1) is 43.0 Å². The molecule has 3 aromatic carbocycles. The Hall–Kier alpha value is -4.24. The SMILES string of the molecule is CCOc1ccc(/C=C2\SC(=Nc3ccc(OC)cc3)N(Cc3ccc(C(=O)O)cc3)C2=O)c(OCC)c1. The fourth-order valence-corrected chi connectivity index (χ4v) is 4.73. The molecule has 4 rings (SSSR count). The number of carbonyl (C=O) groups is 2. The molecule has 38 heavy (non-hydrogen) atoms. The van der Waals surface area contributed by atoms with E-state index < -0.39 is 5.97 Å².